The van der Waals surface area contributed by atoms with Crippen LogP contribution >= 0.6 is 0 Å². The molecule has 0 radical (unpaired) electrons. The summed E-state index contributed by atoms with van der Waals surface area (Å²) in [4.78, 5) is 11.4. The Bertz CT molecular complexity index is 658. The second-order valence-electron chi connectivity index (χ2n) is 3.63. The standard InChI is InChI=1S/C12H9N3O2/c16-9-5-1-3-7(10(9)17)11-14-8-4-2-6-13-12(8)15-11/h1-6,16-17H,(H,13,14,15). The number of rotatable bonds is 1. The highest BCUT2D eigenvalue weighted by molar-refractivity contribution is 5.78. The van der Waals surface area contributed by atoms with Gasteiger partial charge in [-0.15, -0.1) is 0 Å². The van der Waals surface area contributed by atoms with Gasteiger partial charge >= 0.3 is 0 Å². The topological polar surface area (TPSA) is 82.0 Å². The molecule has 17 heavy (non-hydrogen) atoms. The molecule has 1 aromatic carbocycles. The van der Waals surface area contributed by atoms with Crippen LogP contribution in [0.2, 0.25) is 0 Å². The largest absolute Gasteiger partial charge is 0.504 e. The minimum absolute atomic E-state index is 0.170. The molecule has 0 spiro atoms. The molecule has 0 fully saturated rings. The number of hydrogen-bond donors (Lipinski definition) is 3. The molecule has 0 atom stereocenters. The summed E-state index contributed by atoms with van der Waals surface area (Å²) < 4.78 is 0. The van der Waals surface area contributed by atoms with E-state index >= 15 is 0 Å². The van der Waals surface area contributed by atoms with E-state index in [2.05, 4.69) is 15.0 Å². The quantitative estimate of drug-likeness (QED) is 0.555. The molecule has 0 aliphatic heterocycles. The van der Waals surface area contributed by atoms with Gasteiger partial charge in [0.15, 0.2) is 17.1 Å². The fraction of sp³-hybridized carbons (Fsp3) is 0. The maximum atomic E-state index is 9.75. The third-order valence-electron chi connectivity index (χ3n) is 2.53. The second kappa shape index (κ2) is 3.48. The predicted octanol–water partition coefficient (Wildman–Crippen LogP) is 2.04. The van der Waals surface area contributed by atoms with Gasteiger partial charge in [0.25, 0.3) is 0 Å². The molecule has 2 heterocycles. The van der Waals surface area contributed by atoms with Crippen molar-refractivity contribution in [2.24, 2.45) is 0 Å². The van der Waals surface area contributed by atoms with E-state index in [0.29, 0.717) is 17.0 Å². The number of aromatic hydroxyl groups is 2. The molecule has 3 rings (SSSR count). The van der Waals surface area contributed by atoms with Gasteiger partial charge in [0.2, 0.25) is 0 Å². The summed E-state index contributed by atoms with van der Waals surface area (Å²) in [5.41, 5.74) is 1.80. The van der Waals surface area contributed by atoms with E-state index < -0.39 is 0 Å². The molecule has 0 aliphatic carbocycles. The van der Waals surface area contributed by atoms with E-state index in [9.17, 15) is 10.2 Å². The number of nitrogens with one attached hydrogen (secondary N) is 1. The lowest BCUT2D eigenvalue weighted by atomic mass is 10.2. The molecule has 0 unspecified atom stereocenters. The van der Waals surface area contributed by atoms with E-state index in [1.54, 1.807) is 24.4 Å². The van der Waals surface area contributed by atoms with Gasteiger partial charge in [-0.2, -0.15) is 0 Å². The van der Waals surface area contributed by atoms with Gasteiger partial charge < -0.3 is 15.2 Å². The normalized spacial score (nSPS) is 10.8. The molecule has 3 aromatic rings. The van der Waals surface area contributed by atoms with Crippen LogP contribution in [-0.4, -0.2) is 25.2 Å². The molecule has 0 bridgehead atoms. The van der Waals surface area contributed by atoms with Crippen LogP contribution in [0, 0.1) is 0 Å². The summed E-state index contributed by atoms with van der Waals surface area (Å²) in [5, 5.41) is 19.2. The van der Waals surface area contributed by atoms with Crippen LogP contribution in [0.4, 0.5) is 0 Å². The van der Waals surface area contributed by atoms with E-state index in [0.717, 1.165) is 5.52 Å². The van der Waals surface area contributed by atoms with E-state index in [1.165, 1.54) is 6.07 Å². The van der Waals surface area contributed by atoms with Crippen LogP contribution in [0.3, 0.4) is 0 Å². The van der Waals surface area contributed by atoms with Crippen molar-refractivity contribution in [1.29, 1.82) is 0 Å². The van der Waals surface area contributed by atoms with Crippen molar-refractivity contribution >= 4 is 11.2 Å². The molecule has 0 saturated heterocycles. The van der Waals surface area contributed by atoms with Gasteiger partial charge in [0, 0.05) is 6.20 Å². The SMILES string of the molecule is Oc1cccc(-c2nc3ncccc3[nH]2)c1O. The number of aromatic amines is 1. The van der Waals surface area contributed by atoms with Crippen molar-refractivity contribution < 1.29 is 10.2 Å². The van der Waals surface area contributed by atoms with Crippen LogP contribution in [0.15, 0.2) is 36.5 Å². The highest BCUT2D eigenvalue weighted by atomic mass is 16.3. The first-order chi connectivity index (χ1) is 8.25. The summed E-state index contributed by atoms with van der Waals surface area (Å²) in [6, 6.07) is 8.38. The first kappa shape index (κ1) is 9.65. The third kappa shape index (κ3) is 1.48. The number of para-hydroxylation sites is 1. The number of nitrogens with zero attached hydrogens (tertiary/aromatic N) is 2. The molecule has 2 aromatic heterocycles. The number of fused-ring (bicyclic) bond motifs is 1. The van der Waals surface area contributed by atoms with E-state index in [1.807, 2.05) is 6.07 Å². The highest BCUT2D eigenvalue weighted by Crippen LogP contribution is 2.34. The zero-order chi connectivity index (χ0) is 11.8. The minimum atomic E-state index is -0.188. The first-order valence-corrected chi connectivity index (χ1v) is 5.08. The Morgan fingerprint density at radius 3 is 2.76 bits per heavy atom. The van der Waals surface area contributed by atoms with Gasteiger partial charge in [0.05, 0.1) is 11.1 Å². The zero-order valence-electron chi connectivity index (χ0n) is 8.75. The molecule has 5 nitrogen and oxygen atoms in total. The Labute approximate surface area is 96.4 Å². The summed E-state index contributed by atoms with van der Waals surface area (Å²) in [7, 11) is 0. The Balaban J connectivity index is 2.24. The van der Waals surface area contributed by atoms with Gasteiger partial charge in [-0.3, -0.25) is 0 Å². The lowest BCUT2D eigenvalue weighted by Crippen LogP contribution is -1.81. The minimum Gasteiger partial charge on any atom is -0.504 e. The van der Waals surface area contributed by atoms with Crippen molar-refractivity contribution in [2.75, 3.05) is 0 Å². The van der Waals surface area contributed by atoms with Crippen LogP contribution < -0.4 is 0 Å². The number of aromatic nitrogens is 3. The number of benzene rings is 1. The molecule has 5 heteroatoms. The summed E-state index contributed by atoms with van der Waals surface area (Å²) in [6.45, 7) is 0. The van der Waals surface area contributed by atoms with Crippen LogP contribution in [0.5, 0.6) is 11.5 Å². The molecule has 0 saturated carbocycles. The van der Waals surface area contributed by atoms with Gasteiger partial charge in [-0.1, -0.05) is 6.07 Å². The zero-order valence-corrected chi connectivity index (χ0v) is 8.75. The highest BCUT2D eigenvalue weighted by Gasteiger charge is 2.12. The fourth-order valence-corrected chi connectivity index (χ4v) is 1.70. The average Bonchev–Trinajstić information content (AvgIpc) is 2.76. The van der Waals surface area contributed by atoms with Crippen molar-refractivity contribution in [3.8, 4) is 22.9 Å². The molecule has 3 N–H and O–H groups in total. The number of phenols is 2. The number of phenolic OH excluding ortho intramolecular Hbond substituents is 2. The third-order valence-corrected chi connectivity index (χ3v) is 2.53. The number of hydrogen-bond acceptors (Lipinski definition) is 4. The summed E-state index contributed by atoms with van der Waals surface area (Å²) >= 11 is 0. The van der Waals surface area contributed by atoms with Crippen molar-refractivity contribution in [3.63, 3.8) is 0 Å². The average molecular weight is 227 g/mol. The maximum absolute atomic E-state index is 9.75. The lowest BCUT2D eigenvalue weighted by molar-refractivity contribution is 0.405. The Morgan fingerprint density at radius 2 is 1.94 bits per heavy atom. The van der Waals surface area contributed by atoms with Crippen molar-refractivity contribution in [3.05, 3.63) is 36.5 Å². The first-order valence-electron chi connectivity index (χ1n) is 5.08. The van der Waals surface area contributed by atoms with Crippen LogP contribution in [-0.2, 0) is 0 Å². The smallest absolute Gasteiger partial charge is 0.178 e. The number of H-pyrrole nitrogens is 1. The molecular formula is C12H9N3O2. The molecule has 0 amide bonds. The van der Waals surface area contributed by atoms with E-state index in [-0.39, 0.29) is 11.5 Å². The molecule has 0 aliphatic rings. The Hall–Kier alpha value is -2.56. The lowest BCUT2D eigenvalue weighted by Gasteiger charge is -2.02. The van der Waals surface area contributed by atoms with E-state index in [4.69, 9.17) is 0 Å². The number of imidazole rings is 1. The van der Waals surface area contributed by atoms with Crippen molar-refractivity contribution in [2.45, 2.75) is 0 Å². The van der Waals surface area contributed by atoms with Crippen LogP contribution in [0.25, 0.3) is 22.6 Å². The number of pyridine rings is 1. The monoisotopic (exact) mass is 227 g/mol. The van der Waals surface area contributed by atoms with Gasteiger partial charge in [-0.25, -0.2) is 9.97 Å². The Kier molecular flexibility index (Phi) is 1.98. The van der Waals surface area contributed by atoms with Crippen LogP contribution in [0.1, 0.15) is 0 Å². The van der Waals surface area contributed by atoms with Gasteiger partial charge in [0.1, 0.15) is 5.82 Å². The second-order valence-corrected chi connectivity index (χ2v) is 3.63. The van der Waals surface area contributed by atoms with Gasteiger partial charge in [-0.05, 0) is 24.3 Å². The summed E-state index contributed by atoms with van der Waals surface area (Å²) in [6.07, 6.45) is 1.65. The van der Waals surface area contributed by atoms with Crippen molar-refractivity contribution in [1.82, 2.24) is 15.0 Å². The predicted molar refractivity (Wildman–Crippen MR) is 62.7 cm³/mol. The Morgan fingerprint density at radius 1 is 1.06 bits per heavy atom. The molecule has 84 valence electrons. The molecular weight excluding hydrogens is 218 g/mol. The fourth-order valence-electron chi connectivity index (χ4n) is 1.70. The maximum Gasteiger partial charge on any atom is 0.178 e. The summed E-state index contributed by atoms with van der Waals surface area (Å²) in [5.74, 6) is 0.120.